The molecule has 4 nitrogen and oxygen atoms in total. The summed E-state index contributed by atoms with van der Waals surface area (Å²) in [5.41, 5.74) is -0.308. The summed E-state index contributed by atoms with van der Waals surface area (Å²) in [5, 5.41) is 11.5. The van der Waals surface area contributed by atoms with E-state index in [1.54, 1.807) is 0 Å². The second-order valence-corrected chi connectivity index (χ2v) is 5.12. The van der Waals surface area contributed by atoms with Crippen molar-refractivity contribution >= 4 is 11.9 Å². The van der Waals surface area contributed by atoms with E-state index < -0.39 is 17.7 Å². The van der Waals surface area contributed by atoms with Crippen molar-refractivity contribution in [1.82, 2.24) is 5.32 Å². The summed E-state index contributed by atoms with van der Waals surface area (Å²) in [7, 11) is 0. The van der Waals surface area contributed by atoms with Gasteiger partial charge in [-0.05, 0) is 37.5 Å². The molecule has 0 radical (unpaired) electrons. The van der Waals surface area contributed by atoms with E-state index >= 15 is 0 Å². The molecule has 0 aliphatic heterocycles. The quantitative estimate of drug-likeness (QED) is 0.842. The zero-order chi connectivity index (χ0) is 15.3. The lowest BCUT2D eigenvalue weighted by atomic mass is 10.00. The summed E-state index contributed by atoms with van der Waals surface area (Å²) in [6.07, 6.45) is 1.83. The molecule has 0 saturated carbocycles. The third-order valence-corrected chi connectivity index (χ3v) is 3.29. The number of amides is 1. The maximum Gasteiger partial charge on any atom is 0.335 e. The Morgan fingerprint density at radius 1 is 1.35 bits per heavy atom. The summed E-state index contributed by atoms with van der Waals surface area (Å²) in [6.45, 7) is 6.03. The zero-order valence-electron chi connectivity index (χ0n) is 11.9. The maximum absolute atomic E-state index is 13.7. The second-order valence-electron chi connectivity index (χ2n) is 5.12. The van der Waals surface area contributed by atoms with Gasteiger partial charge in [0, 0.05) is 6.04 Å². The van der Waals surface area contributed by atoms with Crippen molar-refractivity contribution in [3.63, 3.8) is 0 Å². The number of hydrogen-bond donors (Lipinski definition) is 2. The molecule has 0 saturated heterocycles. The molecule has 0 spiro atoms. The number of benzene rings is 1. The van der Waals surface area contributed by atoms with Crippen LogP contribution in [0.25, 0.3) is 0 Å². The lowest BCUT2D eigenvalue weighted by molar-refractivity contribution is 0.0695. The van der Waals surface area contributed by atoms with Crippen LogP contribution in [0.1, 0.15) is 54.3 Å². The van der Waals surface area contributed by atoms with Gasteiger partial charge in [-0.3, -0.25) is 4.79 Å². The highest BCUT2D eigenvalue weighted by atomic mass is 19.1. The molecule has 0 heterocycles. The van der Waals surface area contributed by atoms with Crippen molar-refractivity contribution in [1.29, 1.82) is 0 Å². The van der Waals surface area contributed by atoms with E-state index in [0.29, 0.717) is 5.92 Å². The maximum atomic E-state index is 13.7. The minimum absolute atomic E-state index is 0.0593. The van der Waals surface area contributed by atoms with Gasteiger partial charge in [-0.25, -0.2) is 9.18 Å². The Kier molecular flexibility index (Phi) is 5.67. The van der Waals surface area contributed by atoms with Crippen molar-refractivity contribution in [2.75, 3.05) is 0 Å². The van der Waals surface area contributed by atoms with Crippen molar-refractivity contribution in [3.8, 4) is 0 Å². The SMILES string of the molecule is CCC(C)CC(C)NC(=O)c1ccc(C(=O)O)cc1F. The predicted molar refractivity (Wildman–Crippen MR) is 74.4 cm³/mol. The van der Waals surface area contributed by atoms with Crippen LogP contribution in [0.5, 0.6) is 0 Å². The molecule has 0 fully saturated rings. The summed E-state index contributed by atoms with van der Waals surface area (Å²) >= 11 is 0. The van der Waals surface area contributed by atoms with Crippen molar-refractivity contribution < 1.29 is 19.1 Å². The number of carboxylic acids is 1. The van der Waals surface area contributed by atoms with Crippen LogP contribution in [0.3, 0.4) is 0 Å². The number of nitrogens with one attached hydrogen (secondary N) is 1. The van der Waals surface area contributed by atoms with E-state index in [0.717, 1.165) is 18.9 Å². The minimum atomic E-state index is -1.22. The van der Waals surface area contributed by atoms with Crippen molar-refractivity contribution in [2.24, 2.45) is 5.92 Å². The number of halogens is 1. The van der Waals surface area contributed by atoms with Gasteiger partial charge in [0.05, 0.1) is 11.1 Å². The number of carbonyl (C=O) groups excluding carboxylic acids is 1. The molecule has 0 aliphatic rings. The fourth-order valence-electron chi connectivity index (χ4n) is 1.96. The molecule has 2 unspecified atom stereocenters. The largest absolute Gasteiger partial charge is 0.478 e. The Bertz CT molecular complexity index is 502. The summed E-state index contributed by atoms with van der Waals surface area (Å²) in [6, 6.07) is 3.22. The van der Waals surface area contributed by atoms with Crippen LogP contribution < -0.4 is 5.32 Å². The van der Waals surface area contributed by atoms with Gasteiger partial charge in [0.25, 0.3) is 5.91 Å². The van der Waals surface area contributed by atoms with Crippen LogP contribution in [-0.2, 0) is 0 Å². The summed E-state index contributed by atoms with van der Waals surface area (Å²) in [4.78, 5) is 22.6. The normalized spacial score (nSPS) is 13.6. The first-order chi connectivity index (χ1) is 9.35. The molecule has 1 rings (SSSR count). The molecule has 0 aliphatic carbocycles. The average molecular weight is 281 g/mol. The van der Waals surface area contributed by atoms with Crippen LogP contribution in [-0.4, -0.2) is 23.0 Å². The first-order valence-corrected chi connectivity index (χ1v) is 6.68. The third-order valence-electron chi connectivity index (χ3n) is 3.29. The highest BCUT2D eigenvalue weighted by Gasteiger charge is 2.17. The van der Waals surface area contributed by atoms with Gasteiger partial charge in [-0.15, -0.1) is 0 Å². The van der Waals surface area contributed by atoms with Crippen LogP contribution in [0, 0.1) is 11.7 Å². The molecule has 1 aromatic rings. The fourth-order valence-corrected chi connectivity index (χ4v) is 1.96. The lowest BCUT2D eigenvalue weighted by Crippen LogP contribution is -2.34. The lowest BCUT2D eigenvalue weighted by Gasteiger charge is -2.17. The van der Waals surface area contributed by atoms with E-state index in [2.05, 4.69) is 19.2 Å². The van der Waals surface area contributed by atoms with E-state index in [1.807, 2.05) is 6.92 Å². The van der Waals surface area contributed by atoms with Crippen molar-refractivity contribution in [2.45, 2.75) is 39.7 Å². The Morgan fingerprint density at radius 3 is 2.50 bits per heavy atom. The molecule has 0 aromatic heterocycles. The first-order valence-electron chi connectivity index (χ1n) is 6.68. The molecule has 2 N–H and O–H groups in total. The minimum Gasteiger partial charge on any atom is -0.478 e. The topological polar surface area (TPSA) is 66.4 Å². The number of aromatic carboxylic acids is 1. The Morgan fingerprint density at radius 2 is 2.00 bits per heavy atom. The van der Waals surface area contributed by atoms with E-state index in [4.69, 9.17) is 5.11 Å². The average Bonchev–Trinajstić information content (AvgIpc) is 2.37. The number of rotatable bonds is 6. The molecule has 20 heavy (non-hydrogen) atoms. The third kappa shape index (κ3) is 4.33. The Balaban J connectivity index is 2.75. The molecular formula is C15H20FNO3. The fraction of sp³-hybridized carbons (Fsp3) is 0.467. The Hall–Kier alpha value is -1.91. The molecule has 1 aromatic carbocycles. The highest BCUT2D eigenvalue weighted by molar-refractivity contribution is 5.96. The number of carboxylic acid groups (broad SMARTS) is 1. The first kappa shape index (κ1) is 16.1. The van der Waals surface area contributed by atoms with Crippen LogP contribution in [0.2, 0.25) is 0 Å². The van der Waals surface area contributed by atoms with Gasteiger partial charge in [-0.1, -0.05) is 20.3 Å². The predicted octanol–water partition coefficient (Wildman–Crippen LogP) is 3.08. The number of hydrogen-bond acceptors (Lipinski definition) is 2. The number of carbonyl (C=O) groups is 2. The van der Waals surface area contributed by atoms with Crippen molar-refractivity contribution in [3.05, 3.63) is 35.1 Å². The van der Waals surface area contributed by atoms with Crippen LogP contribution >= 0.6 is 0 Å². The van der Waals surface area contributed by atoms with Gasteiger partial charge in [-0.2, -0.15) is 0 Å². The molecular weight excluding hydrogens is 261 g/mol. The molecule has 5 heteroatoms. The summed E-state index contributed by atoms with van der Waals surface area (Å²) < 4.78 is 13.7. The van der Waals surface area contributed by atoms with Gasteiger partial charge in [0.2, 0.25) is 0 Å². The second kappa shape index (κ2) is 7.03. The highest BCUT2D eigenvalue weighted by Crippen LogP contribution is 2.13. The van der Waals surface area contributed by atoms with E-state index in [-0.39, 0.29) is 17.2 Å². The Labute approximate surface area is 118 Å². The molecule has 0 bridgehead atoms. The van der Waals surface area contributed by atoms with E-state index in [9.17, 15) is 14.0 Å². The summed E-state index contributed by atoms with van der Waals surface area (Å²) in [5.74, 6) is -2.08. The standard InChI is InChI=1S/C15H20FNO3/c1-4-9(2)7-10(3)17-14(18)12-6-5-11(15(19)20)8-13(12)16/h5-6,8-10H,4,7H2,1-3H3,(H,17,18)(H,19,20). The van der Waals surface area contributed by atoms with Gasteiger partial charge in [0.1, 0.15) is 5.82 Å². The smallest absolute Gasteiger partial charge is 0.335 e. The van der Waals surface area contributed by atoms with Gasteiger partial charge in [0.15, 0.2) is 0 Å². The molecule has 2 atom stereocenters. The van der Waals surface area contributed by atoms with Crippen LogP contribution in [0.15, 0.2) is 18.2 Å². The molecule has 1 amide bonds. The van der Waals surface area contributed by atoms with E-state index in [1.165, 1.54) is 12.1 Å². The zero-order valence-corrected chi connectivity index (χ0v) is 11.9. The van der Waals surface area contributed by atoms with Crippen LogP contribution in [0.4, 0.5) is 4.39 Å². The monoisotopic (exact) mass is 281 g/mol. The van der Waals surface area contributed by atoms with Gasteiger partial charge >= 0.3 is 5.97 Å². The van der Waals surface area contributed by atoms with Gasteiger partial charge < -0.3 is 10.4 Å². The molecule has 110 valence electrons.